The quantitative estimate of drug-likeness (QED) is 0.787. The van der Waals surface area contributed by atoms with Gasteiger partial charge in [-0.1, -0.05) is 16.8 Å². The van der Waals surface area contributed by atoms with Gasteiger partial charge in [-0.3, -0.25) is 0 Å². The first-order valence-corrected chi connectivity index (χ1v) is 5.80. The molecule has 1 aliphatic heterocycles. The first-order chi connectivity index (χ1) is 6.29. The van der Waals surface area contributed by atoms with E-state index in [2.05, 4.69) is 5.16 Å². The van der Waals surface area contributed by atoms with Gasteiger partial charge in [-0.05, 0) is 18.6 Å². The smallest absolute Gasteiger partial charge is 0.227 e. The van der Waals surface area contributed by atoms with Gasteiger partial charge >= 0.3 is 0 Å². The van der Waals surface area contributed by atoms with Crippen LogP contribution in [0.3, 0.4) is 0 Å². The largest absolute Gasteiger partial charge is 0.367 e. The van der Waals surface area contributed by atoms with Crippen LogP contribution < -0.4 is 5.73 Å². The van der Waals surface area contributed by atoms with E-state index in [9.17, 15) is 0 Å². The molecule has 1 atom stereocenters. The van der Waals surface area contributed by atoms with Gasteiger partial charge in [-0.15, -0.1) is 0 Å². The van der Waals surface area contributed by atoms with Crippen molar-refractivity contribution in [3.63, 3.8) is 0 Å². The number of thioether (sulfide) groups is 1. The van der Waals surface area contributed by atoms with Crippen molar-refractivity contribution in [1.82, 2.24) is 5.16 Å². The van der Waals surface area contributed by atoms with Crippen LogP contribution in [0.1, 0.15) is 24.3 Å². The van der Waals surface area contributed by atoms with Gasteiger partial charge in [0.25, 0.3) is 0 Å². The van der Waals surface area contributed by atoms with E-state index in [4.69, 9.17) is 21.9 Å². The standard InChI is InChI=1S/C8H11ClN2OS/c9-7-6(8(10)12-11-7)5-2-1-3-13-4-5/h5H,1-4,10H2. The highest BCUT2D eigenvalue weighted by molar-refractivity contribution is 7.99. The van der Waals surface area contributed by atoms with Gasteiger partial charge < -0.3 is 10.3 Å². The predicted octanol–water partition coefficient (Wildman–Crippen LogP) is 2.52. The molecule has 13 heavy (non-hydrogen) atoms. The summed E-state index contributed by atoms with van der Waals surface area (Å²) < 4.78 is 4.84. The Balaban J connectivity index is 2.22. The van der Waals surface area contributed by atoms with Crippen LogP contribution in [0.15, 0.2) is 4.52 Å². The van der Waals surface area contributed by atoms with Gasteiger partial charge in [0.05, 0.1) is 5.56 Å². The summed E-state index contributed by atoms with van der Waals surface area (Å²) in [4.78, 5) is 0. The molecule has 0 aromatic carbocycles. The maximum Gasteiger partial charge on any atom is 0.227 e. The highest BCUT2D eigenvalue weighted by atomic mass is 35.5. The third-order valence-electron chi connectivity index (χ3n) is 2.28. The predicted molar refractivity (Wildman–Crippen MR) is 55.2 cm³/mol. The molecule has 0 bridgehead atoms. The van der Waals surface area contributed by atoms with E-state index in [1.807, 2.05) is 11.8 Å². The summed E-state index contributed by atoms with van der Waals surface area (Å²) in [7, 11) is 0. The van der Waals surface area contributed by atoms with Crippen LogP contribution in [0.4, 0.5) is 5.88 Å². The van der Waals surface area contributed by atoms with Crippen LogP contribution in [-0.4, -0.2) is 16.7 Å². The second kappa shape index (κ2) is 3.80. The molecule has 1 aromatic heterocycles. The lowest BCUT2D eigenvalue weighted by Gasteiger charge is -2.20. The molecular formula is C8H11ClN2OS. The Bertz CT molecular complexity index is 277. The van der Waals surface area contributed by atoms with Crippen molar-refractivity contribution in [1.29, 1.82) is 0 Å². The molecular weight excluding hydrogens is 208 g/mol. The Labute approximate surface area is 86.0 Å². The second-order valence-electron chi connectivity index (χ2n) is 3.17. The molecule has 0 amide bonds. The van der Waals surface area contributed by atoms with Crippen molar-refractivity contribution in [2.45, 2.75) is 18.8 Å². The molecule has 0 spiro atoms. The summed E-state index contributed by atoms with van der Waals surface area (Å²) in [6.07, 6.45) is 2.36. The van der Waals surface area contributed by atoms with Crippen molar-refractivity contribution < 1.29 is 4.52 Å². The minimum Gasteiger partial charge on any atom is -0.367 e. The monoisotopic (exact) mass is 218 g/mol. The van der Waals surface area contributed by atoms with Gasteiger partial charge in [0.1, 0.15) is 0 Å². The molecule has 0 saturated carbocycles. The minimum atomic E-state index is 0.387. The first-order valence-electron chi connectivity index (χ1n) is 4.27. The number of nitrogens with zero attached hydrogens (tertiary/aromatic N) is 1. The van der Waals surface area contributed by atoms with Gasteiger partial charge in [-0.25, -0.2) is 0 Å². The Morgan fingerprint density at radius 2 is 2.46 bits per heavy atom. The number of hydrogen-bond donors (Lipinski definition) is 1. The minimum absolute atomic E-state index is 0.387. The Morgan fingerprint density at radius 1 is 1.62 bits per heavy atom. The number of rotatable bonds is 1. The van der Waals surface area contributed by atoms with Crippen LogP contribution in [0.5, 0.6) is 0 Å². The van der Waals surface area contributed by atoms with Gasteiger partial charge in [-0.2, -0.15) is 11.8 Å². The van der Waals surface area contributed by atoms with Crippen molar-refractivity contribution in [2.75, 3.05) is 17.2 Å². The van der Waals surface area contributed by atoms with E-state index in [1.165, 1.54) is 12.2 Å². The van der Waals surface area contributed by atoms with Crippen LogP contribution in [0, 0.1) is 0 Å². The molecule has 2 N–H and O–H groups in total. The molecule has 2 heterocycles. The summed E-state index contributed by atoms with van der Waals surface area (Å²) in [6.45, 7) is 0. The fraction of sp³-hybridized carbons (Fsp3) is 0.625. The lowest BCUT2D eigenvalue weighted by atomic mass is 9.98. The van der Waals surface area contributed by atoms with E-state index in [1.54, 1.807) is 0 Å². The average Bonchev–Trinajstić information content (AvgIpc) is 2.48. The third kappa shape index (κ3) is 1.79. The number of halogens is 1. The Kier molecular flexibility index (Phi) is 2.69. The molecule has 0 aliphatic carbocycles. The summed E-state index contributed by atoms with van der Waals surface area (Å²) in [5.41, 5.74) is 6.56. The number of nitrogens with two attached hydrogens (primary N) is 1. The summed E-state index contributed by atoms with van der Waals surface area (Å²) in [5.74, 6) is 3.12. The van der Waals surface area contributed by atoms with Gasteiger partial charge in [0, 0.05) is 11.7 Å². The maximum absolute atomic E-state index is 5.88. The molecule has 1 aliphatic rings. The molecule has 72 valence electrons. The van der Waals surface area contributed by atoms with Crippen LogP contribution >= 0.6 is 23.4 Å². The van der Waals surface area contributed by atoms with E-state index >= 15 is 0 Å². The van der Waals surface area contributed by atoms with Crippen molar-refractivity contribution in [3.8, 4) is 0 Å². The van der Waals surface area contributed by atoms with E-state index < -0.39 is 0 Å². The maximum atomic E-state index is 5.88. The fourth-order valence-corrected chi connectivity index (χ4v) is 3.06. The normalized spacial score (nSPS) is 23.3. The van der Waals surface area contributed by atoms with Crippen molar-refractivity contribution in [2.24, 2.45) is 0 Å². The molecule has 1 unspecified atom stereocenters. The number of anilines is 1. The summed E-state index contributed by atoms with van der Waals surface area (Å²) in [6, 6.07) is 0. The molecule has 0 radical (unpaired) electrons. The van der Waals surface area contributed by atoms with Crippen LogP contribution in [-0.2, 0) is 0 Å². The summed E-state index contributed by atoms with van der Waals surface area (Å²) in [5, 5.41) is 4.08. The van der Waals surface area contributed by atoms with Gasteiger partial charge in [0.2, 0.25) is 5.88 Å². The lowest BCUT2D eigenvalue weighted by Crippen LogP contribution is -2.09. The topological polar surface area (TPSA) is 52.0 Å². The average molecular weight is 219 g/mol. The lowest BCUT2D eigenvalue weighted by molar-refractivity contribution is 0.435. The van der Waals surface area contributed by atoms with E-state index in [0.29, 0.717) is 17.0 Å². The third-order valence-corrected chi connectivity index (χ3v) is 3.77. The molecule has 1 saturated heterocycles. The van der Waals surface area contributed by atoms with Crippen LogP contribution in [0.25, 0.3) is 0 Å². The first kappa shape index (κ1) is 9.21. The molecule has 1 aromatic rings. The van der Waals surface area contributed by atoms with E-state index in [0.717, 1.165) is 17.7 Å². The zero-order valence-electron chi connectivity index (χ0n) is 7.12. The number of aromatic nitrogens is 1. The van der Waals surface area contributed by atoms with Crippen molar-refractivity contribution in [3.05, 3.63) is 10.7 Å². The highest BCUT2D eigenvalue weighted by Crippen LogP contribution is 2.37. The number of nitrogen functional groups attached to an aromatic ring is 1. The van der Waals surface area contributed by atoms with E-state index in [-0.39, 0.29) is 0 Å². The molecule has 2 rings (SSSR count). The van der Waals surface area contributed by atoms with Gasteiger partial charge in [0.15, 0.2) is 5.15 Å². The zero-order valence-corrected chi connectivity index (χ0v) is 8.70. The van der Waals surface area contributed by atoms with Crippen molar-refractivity contribution >= 4 is 29.2 Å². The fourth-order valence-electron chi connectivity index (χ4n) is 1.63. The Hall–Kier alpha value is -0.350. The highest BCUT2D eigenvalue weighted by Gasteiger charge is 2.24. The Morgan fingerprint density at radius 3 is 3.00 bits per heavy atom. The number of hydrogen-bond acceptors (Lipinski definition) is 4. The molecule has 1 fully saturated rings. The van der Waals surface area contributed by atoms with Crippen LogP contribution in [0.2, 0.25) is 5.15 Å². The summed E-state index contributed by atoms with van der Waals surface area (Å²) >= 11 is 7.82. The molecule has 3 nitrogen and oxygen atoms in total. The second-order valence-corrected chi connectivity index (χ2v) is 4.67. The zero-order chi connectivity index (χ0) is 9.26. The SMILES string of the molecule is Nc1onc(Cl)c1C1CCCSC1. The molecule has 5 heteroatoms.